The van der Waals surface area contributed by atoms with Gasteiger partial charge >= 0.3 is 0 Å². The summed E-state index contributed by atoms with van der Waals surface area (Å²) >= 11 is 2.41. The molecule has 4 rings (SSSR count). The highest BCUT2D eigenvalue weighted by Gasteiger charge is 2.13. The van der Waals surface area contributed by atoms with E-state index in [9.17, 15) is 0 Å². The third-order valence-electron chi connectivity index (χ3n) is 4.45. The summed E-state index contributed by atoms with van der Waals surface area (Å²) in [5, 5.41) is 5.67. The van der Waals surface area contributed by atoms with Gasteiger partial charge in [-0.25, -0.2) is 4.98 Å². The van der Waals surface area contributed by atoms with Crippen molar-refractivity contribution < 1.29 is 4.74 Å². The molecule has 0 atom stereocenters. The fourth-order valence-corrected chi connectivity index (χ4v) is 3.89. The third kappa shape index (κ3) is 3.20. The van der Waals surface area contributed by atoms with Crippen molar-refractivity contribution in [2.24, 2.45) is 7.05 Å². The Labute approximate surface area is 154 Å². The van der Waals surface area contributed by atoms with Crippen LogP contribution in [0.15, 0.2) is 30.7 Å². The Morgan fingerprint density at radius 3 is 2.79 bits per heavy atom. The van der Waals surface area contributed by atoms with Crippen molar-refractivity contribution in [1.82, 2.24) is 24.2 Å². The lowest BCUT2D eigenvalue weighted by atomic mass is 10.1. The Hall–Kier alpha value is -1.45. The Bertz CT molecular complexity index is 850. The first-order chi connectivity index (χ1) is 11.7. The summed E-state index contributed by atoms with van der Waals surface area (Å²) in [6.45, 7) is 5.83. The van der Waals surface area contributed by atoms with Crippen LogP contribution in [0.4, 0.5) is 0 Å². The number of nitrogens with zero attached hydrogens (tertiary/aromatic N) is 5. The molecule has 1 saturated heterocycles. The van der Waals surface area contributed by atoms with Crippen LogP contribution >= 0.6 is 22.6 Å². The molecule has 3 heterocycles. The largest absolute Gasteiger partial charge is 0.379 e. The number of benzene rings is 1. The third-order valence-corrected chi connectivity index (χ3v) is 5.31. The molecule has 24 heavy (non-hydrogen) atoms. The van der Waals surface area contributed by atoms with E-state index in [0.29, 0.717) is 0 Å². The van der Waals surface area contributed by atoms with E-state index in [1.54, 1.807) is 11.0 Å². The van der Waals surface area contributed by atoms with Crippen molar-refractivity contribution in [1.29, 1.82) is 0 Å². The molecule has 1 aromatic carbocycles. The van der Waals surface area contributed by atoms with Gasteiger partial charge < -0.3 is 9.30 Å². The monoisotopic (exact) mass is 437 g/mol. The number of ether oxygens (including phenoxy) is 1. The number of rotatable bonds is 4. The van der Waals surface area contributed by atoms with E-state index >= 15 is 0 Å². The van der Waals surface area contributed by atoms with Gasteiger partial charge in [-0.1, -0.05) is 0 Å². The van der Waals surface area contributed by atoms with Gasteiger partial charge in [0.25, 0.3) is 0 Å². The minimum Gasteiger partial charge on any atom is -0.379 e. The van der Waals surface area contributed by atoms with E-state index in [0.717, 1.165) is 50.8 Å². The van der Waals surface area contributed by atoms with E-state index in [2.05, 4.69) is 66.5 Å². The lowest BCUT2D eigenvalue weighted by Gasteiger charge is -2.26. The van der Waals surface area contributed by atoms with Gasteiger partial charge in [0.15, 0.2) is 5.82 Å². The maximum atomic E-state index is 5.42. The minimum absolute atomic E-state index is 0.774. The van der Waals surface area contributed by atoms with Crippen molar-refractivity contribution in [3.05, 3.63) is 34.3 Å². The van der Waals surface area contributed by atoms with Crippen LogP contribution in [0.1, 0.15) is 0 Å². The lowest BCUT2D eigenvalue weighted by molar-refractivity contribution is 0.0365. The van der Waals surface area contributed by atoms with Gasteiger partial charge in [-0.15, -0.1) is 0 Å². The summed E-state index contributed by atoms with van der Waals surface area (Å²) in [4.78, 5) is 6.82. The number of aromatic nitrogens is 4. The van der Waals surface area contributed by atoms with E-state index in [1.165, 1.54) is 14.5 Å². The second-order valence-electron chi connectivity index (χ2n) is 6.10. The Kier molecular flexibility index (Phi) is 4.55. The number of halogens is 1. The molecule has 6 nitrogen and oxygen atoms in total. The van der Waals surface area contributed by atoms with Crippen molar-refractivity contribution in [2.45, 2.75) is 6.54 Å². The first kappa shape index (κ1) is 16.0. The van der Waals surface area contributed by atoms with Crippen molar-refractivity contribution in [3.8, 4) is 11.4 Å². The number of morpholine rings is 1. The van der Waals surface area contributed by atoms with Crippen LogP contribution in [-0.4, -0.2) is 57.1 Å². The Balaban J connectivity index is 1.58. The molecule has 0 radical (unpaired) electrons. The molecule has 126 valence electrons. The van der Waals surface area contributed by atoms with Crippen LogP contribution in [0.3, 0.4) is 0 Å². The summed E-state index contributed by atoms with van der Waals surface area (Å²) in [5.41, 5.74) is 2.33. The average Bonchev–Trinajstić information content (AvgIpc) is 3.18. The van der Waals surface area contributed by atoms with Crippen LogP contribution in [0.2, 0.25) is 0 Å². The standard InChI is InChI=1S/C17H20IN5O/c1-21-12-19-17(20-21)13-2-3-16-14(10-13)15(18)11-23(16)5-4-22-6-8-24-9-7-22/h2-3,10-12H,4-9H2,1H3. The SMILES string of the molecule is Cn1cnc(-c2ccc3c(c2)c(I)cn3CCN2CCOCC2)n1. The number of aryl methyl sites for hydroxylation is 1. The van der Waals surface area contributed by atoms with Gasteiger partial charge in [0, 0.05) is 59.5 Å². The van der Waals surface area contributed by atoms with Crippen LogP contribution in [0.25, 0.3) is 22.3 Å². The second-order valence-corrected chi connectivity index (χ2v) is 7.26. The van der Waals surface area contributed by atoms with Gasteiger partial charge in [0.2, 0.25) is 0 Å². The van der Waals surface area contributed by atoms with Gasteiger partial charge in [0.1, 0.15) is 6.33 Å². The second kappa shape index (κ2) is 6.81. The van der Waals surface area contributed by atoms with E-state index in [1.807, 2.05) is 7.05 Å². The minimum atomic E-state index is 0.774. The highest BCUT2D eigenvalue weighted by Crippen LogP contribution is 2.27. The molecule has 3 aromatic rings. The van der Waals surface area contributed by atoms with Crippen LogP contribution in [0.5, 0.6) is 0 Å². The van der Waals surface area contributed by atoms with Crippen LogP contribution in [0, 0.1) is 3.57 Å². The van der Waals surface area contributed by atoms with Crippen molar-refractivity contribution in [2.75, 3.05) is 32.8 Å². The molecule has 1 aliphatic rings. The fraction of sp³-hybridized carbons (Fsp3) is 0.412. The van der Waals surface area contributed by atoms with Gasteiger partial charge in [-0.3, -0.25) is 9.58 Å². The molecule has 0 aliphatic carbocycles. The molecule has 0 unspecified atom stereocenters. The fourth-order valence-electron chi connectivity index (χ4n) is 3.12. The smallest absolute Gasteiger partial charge is 0.181 e. The van der Waals surface area contributed by atoms with E-state index in [-0.39, 0.29) is 0 Å². The quantitative estimate of drug-likeness (QED) is 0.589. The van der Waals surface area contributed by atoms with Crippen molar-refractivity contribution >= 4 is 33.5 Å². The molecule has 1 aliphatic heterocycles. The molecule has 7 heteroatoms. The average molecular weight is 437 g/mol. The highest BCUT2D eigenvalue weighted by atomic mass is 127. The maximum Gasteiger partial charge on any atom is 0.181 e. The summed E-state index contributed by atoms with van der Waals surface area (Å²) in [7, 11) is 1.89. The summed E-state index contributed by atoms with van der Waals surface area (Å²) in [5.74, 6) is 0.774. The lowest BCUT2D eigenvalue weighted by Crippen LogP contribution is -2.38. The number of hydrogen-bond donors (Lipinski definition) is 0. The molecule has 0 spiro atoms. The number of hydrogen-bond acceptors (Lipinski definition) is 4. The first-order valence-corrected chi connectivity index (χ1v) is 9.23. The first-order valence-electron chi connectivity index (χ1n) is 8.15. The summed E-state index contributed by atoms with van der Waals surface area (Å²) in [6.07, 6.45) is 3.97. The highest BCUT2D eigenvalue weighted by molar-refractivity contribution is 14.1. The zero-order chi connectivity index (χ0) is 16.5. The van der Waals surface area contributed by atoms with Crippen molar-refractivity contribution in [3.63, 3.8) is 0 Å². The molecule has 0 amide bonds. The Morgan fingerprint density at radius 1 is 1.21 bits per heavy atom. The molecular formula is C17H20IN5O. The molecular weight excluding hydrogens is 417 g/mol. The van der Waals surface area contributed by atoms with E-state index in [4.69, 9.17) is 4.74 Å². The Morgan fingerprint density at radius 2 is 2.04 bits per heavy atom. The van der Waals surface area contributed by atoms with Gasteiger partial charge in [-0.2, -0.15) is 5.10 Å². The number of fused-ring (bicyclic) bond motifs is 1. The summed E-state index contributed by atoms with van der Waals surface area (Å²) in [6, 6.07) is 6.49. The van der Waals surface area contributed by atoms with Crippen LogP contribution < -0.4 is 0 Å². The molecule has 0 N–H and O–H groups in total. The summed E-state index contributed by atoms with van der Waals surface area (Å²) < 4.78 is 10.8. The molecule has 1 fully saturated rings. The van der Waals surface area contributed by atoms with Crippen LogP contribution in [-0.2, 0) is 18.3 Å². The maximum absolute atomic E-state index is 5.42. The predicted molar refractivity (Wildman–Crippen MR) is 102 cm³/mol. The van der Waals surface area contributed by atoms with Gasteiger partial charge in [-0.05, 0) is 40.8 Å². The normalized spacial score (nSPS) is 16.1. The van der Waals surface area contributed by atoms with E-state index < -0.39 is 0 Å². The predicted octanol–water partition coefficient (Wildman–Crippen LogP) is 2.37. The van der Waals surface area contributed by atoms with Gasteiger partial charge in [0.05, 0.1) is 13.2 Å². The zero-order valence-electron chi connectivity index (χ0n) is 13.7. The molecule has 0 saturated carbocycles. The zero-order valence-corrected chi connectivity index (χ0v) is 15.8. The topological polar surface area (TPSA) is 48.1 Å². The molecule has 2 aromatic heterocycles. The molecule has 0 bridgehead atoms.